The number of aromatic nitrogens is 3. The van der Waals surface area contributed by atoms with Crippen LogP contribution in [0.15, 0.2) is 64.1 Å². The Labute approximate surface area is 172 Å². The van der Waals surface area contributed by atoms with Crippen molar-refractivity contribution in [2.75, 3.05) is 23.7 Å². The monoisotopic (exact) mass is 462 g/mol. The Morgan fingerprint density at radius 2 is 1.71 bits per heavy atom. The first-order chi connectivity index (χ1) is 13.4. The van der Waals surface area contributed by atoms with Gasteiger partial charge in [0, 0.05) is 29.8 Å². The average Bonchev–Trinajstić information content (AvgIpc) is 2.66. The summed E-state index contributed by atoms with van der Waals surface area (Å²) < 4.78 is 27.8. The Morgan fingerprint density at radius 1 is 0.964 bits per heavy atom. The van der Waals surface area contributed by atoms with Crippen molar-refractivity contribution in [2.24, 2.45) is 0 Å². The van der Waals surface area contributed by atoms with Gasteiger partial charge in [0.15, 0.2) is 0 Å². The second-order valence-electron chi connectivity index (χ2n) is 5.78. The molecule has 0 spiro atoms. The number of anilines is 3. The molecule has 3 aromatic rings. The molecule has 3 rings (SSSR count). The van der Waals surface area contributed by atoms with E-state index in [1.54, 1.807) is 43.5 Å². The highest BCUT2D eigenvalue weighted by atomic mass is 79.9. The fraction of sp³-hybridized carbons (Fsp3) is 0.167. The minimum Gasteiger partial charge on any atom is -0.369 e. The number of halogens is 1. The van der Waals surface area contributed by atoms with E-state index >= 15 is 0 Å². The van der Waals surface area contributed by atoms with E-state index in [2.05, 4.69) is 46.2 Å². The van der Waals surface area contributed by atoms with Gasteiger partial charge in [-0.25, -0.2) is 28.1 Å². The van der Waals surface area contributed by atoms with Gasteiger partial charge in [-0.1, -0.05) is 18.2 Å². The predicted octanol–water partition coefficient (Wildman–Crippen LogP) is 3.08. The van der Waals surface area contributed by atoms with Crippen molar-refractivity contribution < 1.29 is 8.42 Å². The molecule has 3 N–H and O–H groups in total. The number of nitrogens with one attached hydrogen (secondary N) is 3. The van der Waals surface area contributed by atoms with E-state index in [0.717, 1.165) is 0 Å². The summed E-state index contributed by atoms with van der Waals surface area (Å²) in [4.78, 5) is 13.0. The number of hydrogen-bond donors (Lipinski definition) is 3. The summed E-state index contributed by atoms with van der Waals surface area (Å²) in [5, 5.41) is 6.21. The first kappa shape index (κ1) is 20.2. The molecule has 0 saturated carbocycles. The maximum Gasteiger partial charge on any atom is 0.241 e. The molecule has 0 radical (unpaired) electrons. The average molecular weight is 463 g/mol. The lowest BCUT2D eigenvalue weighted by Crippen LogP contribution is -2.29. The molecule has 146 valence electrons. The summed E-state index contributed by atoms with van der Waals surface area (Å²) in [5.74, 6) is 2.44. The van der Waals surface area contributed by atoms with E-state index in [9.17, 15) is 8.42 Å². The zero-order valence-corrected chi connectivity index (χ0v) is 17.5. The van der Waals surface area contributed by atoms with Crippen LogP contribution in [-0.2, 0) is 10.0 Å². The van der Waals surface area contributed by atoms with Crippen LogP contribution in [0.4, 0.5) is 17.5 Å². The zero-order valence-electron chi connectivity index (χ0n) is 15.1. The van der Waals surface area contributed by atoms with E-state index in [4.69, 9.17) is 0 Å². The number of pyridine rings is 1. The topological polar surface area (TPSA) is 109 Å². The van der Waals surface area contributed by atoms with Gasteiger partial charge in [0.2, 0.25) is 10.0 Å². The first-order valence-electron chi connectivity index (χ1n) is 8.46. The van der Waals surface area contributed by atoms with Gasteiger partial charge in [0.25, 0.3) is 0 Å². The predicted molar refractivity (Wildman–Crippen MR) is 112 cm³/mol. The third-order valence-electron chi connectivity index (χ3n) is 3.61. The Kier molecular flexibility index (Phi) is 6.55. The fourth-order valence-corrected chi connectivity index (χ4v) is 4.44. The second-order valence-corrected chi connectivity index (χ2v) is 8.37. The van der Waals surface area contributed by atoms with Gasteiger partial charge in [0.1, 0.15) is 23.3 Å². The van der Waals surface area contributed by atoms with Crippen molar-refractivity contribution in [3.05, 3.63) is 65.0 Å². The Hall–Kier alpha value is -2.56. The molecule has 0 fully saturated rings. The molecule has 0 saturated heterocycles. The molecule has 0 aliphatic rings. The van der Waals surface area contributed by atoms with E-state index in [-0.39, 0.29) is 11.4 Å². The maximum absolute atomic E-state index is 12.4. The lowest BCUT2D eigenvalue weighted by atomic mass is 10.4. The highest BCUT2D eigenvalue weighted by Gasteiger charge is 2.16. The van der Waals surface area contributed by atoms with Crippen molar-refractivity contribution in [2.45, 2.75) is 11.8 Å². The van der Waals surface area contributed by atoms with E-state index < -0.39 is 10.0 Å². The molecular formula is C18H19BrN6O2S. The largest absolute Gasteiger partial charge is 0.369 e. The maximum atomic E-state index is 12.4. The number of aryl methyl sites for hydroxylation is 1. The van der Waals surface area contributed by atoms with Gasteiger partial charge in [-0.3, -0.25) is 0 Å². The van der Waals surface area contributed by atoms with Gasteiger partial charge in [-0.2, -0.15) is 0 Å². The van der Waals surface area contributed by atoms with Gasteiger partial charge in [-0.15, -0.1) is 0 Å². The Bertz CT molecular complexity index is 1050. The molecule has 0 unspecified atom stereocenters. The van der Waals surface area contributed by atoms with Gasteiger partial charge < -0.3 is 10.6 Å². The van der Waals surface area contributed by atoms with Gasteiger partial charge in [0.05, 0.1) is 4.90 Å². The molecule has 8 nitrogen and oxygen atoms in total. The van der Waals surface area contributed by atoms with Crippen LogP contribution in [0.2, 0.25) is 0 Å². The lowest BCUT2D eigenvalue weighted by Gasteiger charge is -2.11. The standard InChI is InChI=1S/C18H19BrN6O2S/c1-13-23-17(12-18(24-13)25-16-8-4-5-9-20-16)21-10-11-22-28(26,27)15-7-3-2-6-14(15)19/h2-9,12,22H,10-11H2,1H3,(H2,20,21,23,24,25). The Balaban J connectivity index is 1.58. The smallest absolute Gasteiger partial charge is 0.241 e. The van der Waals surface area contributed by atoms with Crippen LogP contribution in [0, 0.1) is 6.92 Å². The molecule has 10 heteroatoms. The molecule has 0 atom stereocenters. The number of sulfonamides is 1. The highest BCUT2D eigenvalue weighted by Crippen LogP contribution is 2.20. The van der Waals surface area contributed by atoms with Crippen LogP contribution in [0.3, 0.4) is 0 Å². The number of rotatable bonds is 8. The van der Waals surface area contributed by atoms with Crippen molar-refractivity contribution in [3.63, 3.8) is 0 Å². The third kappa shape index (κ3) is 5.47. The second kappa shape index (κ2) is 9.09. The molecular weight excluding hydrogens is 444 g/mol. The van der Waals surface area contributed by atoms with Gasteiger partial charge >= 0.3 is 0 Å². The minimum atomic E-state index is -3.59. The lowest BCUT2D eigenvalue weighted by molar-refractivity contribution is 0.582. The van der Waals surface area contributed by atoms with Crippen LogP contribution in [0.1, 0.15) is 5.82 Å². The first-order valence-corrected chi connectivity index (χ1v) is 10.7. The van der Waals surface area contributed by atoms with Crippen molar-refractivity contribution in [1.29, 1.82) is 0 Å². The van der Waals surface area contributed by atoms with Gasteiger partial charge in [-0.05, 0) is 47.1 Å². The highest BCUT2D eigenvalue weighted by molar-refractivity contribution is 9.10. The van der Waals surface area contributed by atoms with Crippen molar-refractivity contribution in [3.8, 4) is 0 Å². The molecule has 0 aliphatic carbocycles. The van der Waals surface area contributed by atoms with Crippen LogP contribution in [-0.4, -0.2) is 36.5 Å². The summed E-state index contributed by atoms with van der Waals surface area (Å²) in [6.45, 7) is 2.35. The minimum absolute atomic E-state index is 0.203. The molecule has 1 aromatic carbocycles. The third-order valence-corrected chi connectivity index (χ3v) is 6.08. The molecule has 2 heterocycles. The molecule has 0 amide bonds. The van der Waals surface area contributed by atoms with Crippen LogP contribution in [0.25, 0.3) is 0 Å². The normalized spacial score (nSPS) is 11.2. The van der Waals surface area contributed by atoms with Crippen LogP contribution >= 0.6 is 15.9 Å². The van der Waals surface area contributed by atoms with E-state index in [0.29, 0.717) is 34.3 Å². The van der Waals surface area contributed by atoms with Crippen molar-refractivity contribution >= 4 is 43.4 Å². The summed E-state index contributed by atoms with van der Waals surface area (Å²) >= 11 is 3.26. The summed E-state index contributed by atoms with van der Waals surface area (Å²) in [7, 11) is -3.59. The zero-order chi connectivity index (χ0) is 20.0. The van der Waals surface area contributed by atoms with E-state index in [1.165, 1.54) is 0 Å². The molecule has 2 aromatic heterocycles. The fourth-order valence-electron chi connectivity index (χ4n) is 2.41. The number of benzene rings is 1. The summed E-state index contributed by atoms with van der Waals surface area (Å²) in [6, 6.07) is 14.0. The number of nitrogens with zero attached hydrogens (tertiary/aromatic N) is 3. The van der Waals surface area contributed by atoms with Crippen LogP contribution < -0.4 is 15.4 Å². The van der Waals surface area contributed by atoms with E-state index in [1.807, 2.05) is 18.2 Å². The molecule has 0 aliphatic heterocycles. The quantitative estimate of drug-likeness (QED) is 0.441. The Morgan fingerprint density at radius 3 is 2.46 bits per heavy atom. The molecule has 0 bridgehead atoms. The molecule has 28 heavy (non-hydrogen) atoms. The summed E-state index contributed by atoms with van der Waals surface area (Å²) in [6.07, 6.45) is 1.69. The van der Waals surface area contributed by atoms with Crippen molar-refractivity contribution in [1.82, 2.24) is 19.7 Å². The number of hydrogen-bond acceptors (Lipinski definition) is 7. The SMILES string of the molecule is Cc1nc(NCCNS(=O)(=O)c2ccccc2Br)cc(Nc2ccccn2)n1. The summed E-state index contributed by atoms with van der Waals surface area (Å²) in [5.41, 5.74) is 0. The van der Waals surface area contributed by atoms with Crippen LogP contribution in [0.5, 0.6) is 0 Å².